The quantitative estimate of drug-likeness (QED) is 0.791. The van der Waals surface area contributed by atoms with Crippen molar-refractivity contribution < 1.29 is 4.79 Å². The Morgan fingerprint density at radius 3 is 3.06 bits per heavy atom. The predicted molar refractivity (Wildman–Crippen MR) is 64.6 cm³/mol. The Morgan fingerprint density at radius 2 is 2.38 bits per heavy atom. The molecule has 3 N–H and O–H groups in total. The van der Waals surface area contributed by atoms with Gasteiger partial charge in [0.2, 0.25) is 5.91 Å². The van der Waals surface area contributed by atoms with Crippen LogP contribution in [0.25, 0.3) is 6.08 Å². The topological polar surface area (TPSA) is 58.4 Å². The summed E-state index contributed by atoms with van der Waals surface area (Å²) in [7, 11) is 0. The van der Waals surface area contributed by atoms with Gasteiger partial charge in [0.15, 0.2) is 0 Å². The Hall–Kier alpha value is -1.81. The highest BCUT2D eigenvalue weighted by molar-refractivity contribution is 5.81. The molecule has 4 heteroatoms. The molecular formula is C12H15N3O. The zero-order valence-corrected chi connectivity index (χ0v) is 9.02. The molecule has 1 fully saturated rings. The minimum Gasteiger partial charge on any atom is -0.327 e. The number of benzene rings is 1. The number of carbonyl (C=O) groups excluding carboxylic acids is 1. The van der Waals surface area contributed by atoms with E-state index in [0.29, 0.717) is 13.0 Å². The van der Waals surface area contributed by atoms with Crippen LogP contribution in [0.1, 0.15) is 12.0 Å². The lowest BCUT2D eigenvalue weighted by atomic mass is 10.2. The fourth-order valence-electron chi connectivity index (χ4n) is 1.67. The summed E-state index contributed by atoms with van der Waals surface area (Å²) < 4.78 is 0. The standard InChI is InChI=1S/C12H15N3O/c13-7-2-4-10-3-1-5-11(9-10)15-8-6-12(16)14-15/h1-5,9H,6-8,13H2,(H,14,16)/b4-2+. The zero-order valence-electron chi connectivity index (χ0n) is 9.02. The fourth-order valence-corrected chi connectivity index (χ4v) is 1.67. The lowest BCUT2D eigenvalue weighted by Gasteiger charge is -2.17. The molecule has 0 saturated carbocycles. The highest BCUT2D eigenvalue weighted by Crippen LogP contribution is 2.18. The third-order valence-corrected chi connectivity index (χ3v) is 2.45. The van der Waals surface area contributed by atoms with E-state index in [9.17, 15) is 4.79 Å². The van der Waals surface area contributed by atoms with Crippen LogP contribution in [0.5, 0.6) is 0 Å². The monoisotopic (exact) mass is 217 g/mol. The van der Waals surface area contributed by atoms with Gasteiger partial charge in [-0.15, -0.1) is 0 Å². The molecule has 0 bridgehead atoms. The molecule has 2 rings (SSSR count). The smallest absolute Gasteiger partial charge is 0.240 e. The van der Waals surface area contributed by atoms with Gasteiger partial charge in [-0.2, -0.15) is 0 Å². The van der Waals surface area contributed by atoms with Crippen molar-refractivity contribution in [2.45, 2.75) is 6.42 Å². The molecule has 4 nitrogen and oxygen atoms in total. The molecule has 1 aliphatic rings. The van der Waals surface area contributed by atoms with Crippen LogP contribution < -0.4 is 16.2 Å². The molecule has 0 spiro atoms. The molecule has 1 aliphatic heterocycles. The van der Waals surface area contributed by atoms with Crippen molar-refractivity contribution in [3.05, 3.63) is 35.9 Å². The fraction of sp³-hybridized carbons (Fsp3) is 0.250. The lowest BCUT2D eigenvalue weighted by Crippen LogP contribution is -2.32. The van der Waals surface area contributed by atoms with E-state index in [0.717, 1.165) is 17.8 Å². The number of amides is 1. The Bertz CT molecular complexity index is 414. The number of hydrazine groups is 1. The first-order valence-electron chi connectivity index (χ1n) is 5.33. The van der Waals surface area contributed by atoms with Crippen LogP contribution in [0, 0.1) is 0 Å². The normalized spacial score (nSPS) is 15.8. The molecule has 1 amide bonds. The van der Waals surface area contributed by atoms with Crippen molar-refractivity contribution in [2.75, 3.05) is 18.1 Å². The molecule has 0 aliphatic carbocycles. The minimum absolute atomic E-state index is 0.0721. The summed E-state index contributed by atoms with van der Waals surface area (Å²) in [5, 5.41) is 1.86. The van der Waals surface area contributed by atoms with E-state index in [4.69, 9.17) is 5.73 Å². The van der Waals surface area contributed by atoms with Crippen molar-refractivity contribution in [2.24, 2.45) is 5.73 Å². The van der Waals surface area contributed by atoms with Crippen LogP contribution in [0.15, 0.2) is 30.3 Å². The molecular weight excluding hydrogens is 202 g/mol. The van der Waals surface area contributed by atoms with Crippen molar-refractivity contribution >= 4 is 17.7 Å². The summed E-state index contributed by atoms with van der Waals surface area (Å²) in [5.74, 6) is 0.0721. The molecule has 16 heavy (non-hydrogen) atoms. The van der Waals surface area contributed by atoms with E-state index in [-0.39, 0.29) is 5.91 Å². The second-order valence-electron chi connectivity index (χ2n) is 3.67. The van der Waals surface area contributed by atoms with Crippen molar-refractivity contribution in [1.29, 1.82) is 0 Å². The molecule has 0 radical (unpaired) electrons. The summed E-state index contributed by atoms with van der Waals surface area (Å²) in [5.41, 5.74) is 10.3. The van der Waals surface area contributed by atoms with Crippen molar-refractivity contribution in [3.8, 4) is 0 Å². The average molecular weight is 217 g/mol. The van der Waals surface area contributed by atoms with Crippen LogP contribution >= 0.6 is 0 Å². The zero-order chi connectivity index (χ0) is 11.4. The van der Waals surface area contributed by atoms with E-state index < -0.39 is 0 Å². The summed E-state index contributed by atoms with van der Waals surface area (Å²) in [6, 6.07) is 7.98. The van der Waals surface area contributed by atoms with Gasteiger partial charge < -0.3 is 5.73 Å². The summed E-state index contributed by atoms with van der Waals surface area (Å²) in [6.45, 7) is 1.26. The van der Waals surface area contributed by atoms with Gasteiger partial charge in [0, 0.05) is 19.5 Å². The van der Waals surface area contributed by atoms with Crippen LogP contribution in [0.2, 0.25) is 0 Å². The van der Waals surface area contributed by atoms with Crippen LogP contribution in [-0.4, -0.2) is 19.0 Å². The number of nitrogens with zero attached hydrogens (tertiary/aromatic N) is 1. The first-order valence-corrected chi connectivity index (χ1v) is 5.33. The number of nitrogens with one attached hydrogen (secondary N) is 1. The Balaban J connectivity index is 2.15. The first-order chi connectivity index (χ1) is 7.79. The minimum atomic E-state index is 0.0721. The molecule has 1 heterocycles. The van der Waals surface area contributed by atoms with Gasteiger partial charge in [-0.1, -0.05) is 24.3 Å². The van der Waals surface area contributed by atoms with Gasteiger partial charge in [0.25, 0.3) is 0 Å². The maximum atomic E-state index is 11.1. The summed E-state index contributed by atoms with van der Waals surface area (Å²) >= 11 is 0. The number of carbonyl (C=O) groups is 1. The van der Waals surface area contributed by atoms with E-state index >= 15 is 0 Å². The largest absolute Gasteiger partial charge is 0.327 e. The number of nitrogens with two attached hydrogens (primary N) is 1. The second-order valence-corrected chi connectivity index (χ2v) is 3.67. The first kappa shape index (κ1) is 10.7. The predicted octanol–water partition coefficient (Wildman–Crippen LogP) is 0.900. The molecule has 0 unspecified atom stereocenters. The van der Waals surface area contributed by atoms with Crippen LogP contribution in [0.4, 0.5) is 5.69 Å². The maximum absolute atomic E-state index is 11.1. The van der Waals surface area contributed by atoms with Gasteiger partial charge in [-0.05, 0) is 17.7 Å². The molecule has 84 valence electrons. The van der Waals surface area contributed by atoms with Gasteiger partial charge in [0.05, 0.1) is 5.69 Å². The Kier molecular flexibility index (Phi) is 3.22. The van der Waals surface area contributed by atoms with Gasteiger partial charge in [-0.25, -0.2) is 0 Å². The third-order valence-electron chi connectivity index (χ3n) is 2.45. The molecule has 0 atom stereocenters. The number of rotatable bonds is 3. The Labute approximate surface area is 94.7 Å². The van der Waals surface area contributed by atoms with Crippen molar-refractivity contribution in [1.82, 2.24) is 5.43 Å². The maximum Gasteiger partial charge on any atom is 0.240 e. The summed E-state index contributed by atoms with van der Waals surface area (Å²) in [4.78, 5) is 11.1. The van der Waals surface area contributed by atoms with E-state index in [2.05, 4.69) is 5.43 Å². The molecule has 0 aromatic heterocycles. The Morgan fingerprint density at radius 1 is 1.50 bits per heavy atom. The number of anilines is 1. The number of hydrogen-bond acceptors (Lipinski definition) is 3. The lowest BCUT2D eigenvalue weighted by molar-refractivity contribution is -0.119. The van der Waals surface area contributed by atoms with E-state index in [1.54, 1.807) is 0 Å². The SMILES string of the molecule is NC/C=C/c1cccc(N2CCC(=O)N2)c1. The third kappa shape index (κ3) is 2.41. The second kappa shape index (κ2) is 4.81. The van der Waals surface area contributed by atoms with E-state index in [1.165, 1.54) is 0 Å². The van der Waals surface area contributed by atoms with Crippen molar-refractivity contribution in [3.63, 3.8) is 0 Å². The van der Waals surface area contributed by atoms with Gasteiger partial charge in [-0.3, -0.25) is 15.2 Å². The highest BCUT2D eigenvalue weighted by Gasteiger charge is 2.18. The van der Waals surface area contributed by atoms with Gasteiger partial charge in [0.1, 0.15) is 0 Å². The molecule has 1 aromatic rings. The number of hydrogen-bond donors (Lipinski definition) is 2. The average Bonchev–Trinajstić information content (AvgIpc) is 2.74. The summed E-state index contributed by atoms with van der Waals surface area (Å²) in [6.07, 6.45) is 4.44. The van der Waals surface area contributed by atoms with Crippen LogP contribution in [-0.2, 0) is 4.79 Å². The van der Waals surface area contributed by atoms with E-state index in [1.807, 2.05) is 41.4 Å². The van der Waals surface area contributed by atoms with Crippen LogP contribution in [0.3, 0.4) is 0 Å². The molecule has 1 saturated heterocycles. The van der Waals surface area contributed by atoms with Gasteiger partial charge >= 0.3 is 0 Å². The molecule has 1 aromatic carbocycles. The highest BCUT2D eigenvalue weighted by atomic mass is 16.2.